The van der Waals surface area contributed by atoms with E-state index in [9.17, 15) is 14.4 Å². The summed E-state index contributed by atoms with van der Waals surface area (Å²) >= 11 is 0. The predicted molar refractivity (Wildman–Crippen MR) is 82.0 cm³/mol. The molecule has 0 aliphatic heterocycles. The second-order valence-electron chi connectivity index (χ2n) is 5.58. The Morgan fingerprint density at radius 1 is 1.39 bits per heavy atom. The second kappa shape index (κ2) is 5.89. The van der Waals surface area contributed by atoms with Gasteiger partial charge in [0.15, 0.2) is 0 Å². The molecule has 1 aromatic carbocycles. The van der Waals surface area contributed by atoms with E-state index in [4.69, 9.17) is 0 Å². The summed E-state index contributed by atoms with van der Waals surface area (Å²) < 4.78 is 14.0. The van der Waals surface area contributed by atoms with Crippen LogP contribution in [0.25, 0.3) is 5.57 Å². The summed E-state index contributed by atoms with van der Waals surface area (Å²) in [6, 6.07) is 4.63. The minimum absolute atomic E-state index is 0.381. The van der Waals surface area contributed by atoms with Crippen molar-refractivity contribution in [2.45, 2.75) is 25.2 Å². The van der Waals surface area contributed by atoms with Gasteiger partial charge in [-0.15, -0.1) is 0 Å². The fourth-order valence-corrected chi connectivity index (χ4v) is 3.14. The minimum Gasteiger partial charge on any atom is -0.289 e. The van der Waals surface area contributed by atoms with Crippen molar-refractivity contribution >= 4 is 11.5 Å². The molecule has 3 rings (SSSR count). The number of nitrogens with zero attached hydrogens (tertiary/aromatic N) is 2. The van der Waals surface area contributed by atoms with Crippen LogP contribution in [0.3, 0.4) is 0 Å². The third kappa shape index (κ3) is 2.51. The first-order valence-corrected chi connectivity index (χ1v) is 7.27. The van der Waals surface area contributed by atoms with Gasteiger partial charge in [-0.1, -0.05) is 18.2 Å². The second-order valence-corrected chi connectivity index (χ2v) is 5.58. The van der Waals surface area contributed by atoms with Crippen LogP contribution in [0.15, 0.2) is 42.9 Å². The van der Waals surface area contributed by atoms with Crippen molar-refractivity contribution in [3.63, 3.8) is 0 Å². The molecule has 0 radical (unpaired) electrons. The summed E-state index contributed by atoms with van der Waals surface area (Å²) in [4.78, 5) is 20.7. The first kappa shape index (κ1) is 15.3. The van der Waals surface area contributed by atoms with Crippen LogP contribution in [0.1, 0.15) is 29.7 Å². The molecular formula is C17H16FN3O2. The Balaban J connectivity index is 2.15. The van der Waals surface area contributed by atoms with Gasteiger partial charge in [0.2, 0.25) is 0 Å². The molecule has 1 amide bonds. The first-order chi connectivity index (χ1) is 11.1. The van der Waals surface area contributed by atoms with Crippen LogP contribution in [0.2, 0.25) is 0 Å². The van der Waals surface area contributed by atoms with Crippen LogP contribution in [-0.4, -0.2) is 21.1 Å². The van der Waals surface area contributed by atoms with Crippen LogP contribution in [0, 0.1) is 12.7 Å². The monoisotopic (exact) mass is 313 g/mol. The normalized spacial score (nSPS) is 20.2. The van der Waals surface area contributed by atoms with Crippen LogP contribution < -0.4 is 5.48 Å². The van der Waals surface area contributed by atoms with Gasteiger partial charge in [-0.3, -0.25) is 20.0 Å². The lowest BCUT2D eigenvalue weighted by atomic mass is 9.77. The van der Waals surface area contributed by atoms with Crippen molar-refractivity contribution < 1.29 is 14.4 Å². The molecule has 0 fully saturated rings. The molecule has 2 N–H and O–H groups in total. The maximum absolute atomic E-state index is 14.0. The van der Waals surface area contributed by atoms with Crippen molar-refractivity contribution in [1.29, 1.82) is 0 Å². The fourth-order valence-electron chi connectivity index (χ4n) is 3.14. The molecule has 0 saturated carbocycles. The Morgan fingerprint density at radius 2 is 2.22 bits per heavy atom. The van der Waals surface area contributed by atoms with E-state index in [1.165, 1.54) is 6.07 Å². The number of carbonyl (C=O) groups is 1. The van der Waals surface area contributed by atoms with Gasteiger partial charge in [-0.2, -0.15) is 0 Å². The van der Waals surface area contributed by atoms with Gasteiger partial charge >= 0.3 is 0 Å². The SMILES string of the molecule is Cc1c(F)cccc1C1(C(=O)NO)C=C(c2cnccn2)CC1. The Labute approximate surface area is 132 Å². The topological polar surface area (TPSA) is 75.1 Å². The third-order valence-electron chi connectivity index (χ3n) is 4.36. The molecule has 1 heterocycles. The van der Waals surface area contributed by atoms with Crippen LogP contribution >= 0.6 is 0 Å². The average Bonchev–Trinajstić information content (AvgIpc) is 3.04. The molecule has 1 aliphatic carbocycles. The molecule has 1 unspecified atom stereocenters. The van der Waals surface area contributed by atoms with E-state index in [0.29, 0.717) is 29.7 Å². The highest BCUT2D eigenvalue weighted by Gasteiger charge is 2.43. The van der Waals surface area contributed by atoms with E-state index < -0.39 is 11.3 Å². The molecular weight excluding hydrogens is 297 g/mol. The summed E-state index contributed by atoms with van der Waals surface area (Å²) in [5.74, 6) is -0.959. The molecule has 0 bridgehead atoms. The van der Waals surface area contributed by atoms with Crippen LogP contribution in [0.4, 0.5) is 4.39 Å². The van der Waals surface area contributed by atoms with Gasteiger partial charge < -0.3 is 0 Å². The van der Waals surface area contributed by atoms with Crippen molar-refractivity contribution in [2.75, 3.05) is 0 Å². The minimum atomic E-state index is -1.12. The summed E-state index contributed by atoms with van der Waals surface area (Å²) in [7, 11) is 0. The molecule has 1 aromatic heterocycles. The largest absolute Gasteiger partial charge is 0.289 e. The van der Waals surface area contributed by atoms with Gasteiger partial charge in [0.25, 0.3) is 5.91 Å². The molecule has 1 aliphatic rings. The maximum atomic E-state index is 14.0. The first-order valence-electron chi connectivity index (χ1n) is 7.27. The van der Waals surface area contributed by atoms with Gasteiger partial charge in [0, 0.05) is 12.4 Å². The molecule has 5 nitrogen and oxygen atoms in total. The number of aromatic nitrogens is 2. The van der Waals surface area contributed by atoms with Crippen molar-refractivity contribution in [3.05, 3.63) is 65.5 Å². The number of halogens is 1. The number of hydrogen-bond acceptors (Lipinski definition) is 4. The van der Waals surface area contributed by atoms with E-state index in [0.717, 1.165) is 5.57 Å². The zero-order valence-electron chi connectivity index (χ0n) is 12.6. The average molecular weight is 313 g/mol. The number of rotatable bonds is 3. The molecule has 6 heteroatoms. The number of nitrogens with one attached hydrogen (secondary N) is 1. The van der Waals surface area contributed by atoms with Crippen molar-refractivity contribution in [1.82, 2.24) is 15.4 Å². The Morgan fingerprint density at radius 3 is 2.91 bits per heavy atom. The molecule has 0 spiro atoms. The Hall–Kier alpha value is -2.60. The standard InChI is InChI=1S/C17H16FN3O2/c1-11-13(3-2-4-14(11)18)17(16(22)21-23)6-5-12(9-17)15-10-19-7-8-20-15/h2-4,7-10,23H,5-6H2,1H3,(H,21,22). The van der Waals surface area contributed by atoms with E-state index in [2.05, 4.69) is 9.97 Å². The summed E-state index contributed by atoms with van der Waals surface area (Å²) in [5.41, 5.74) is 3.07. The quantitative estimate of drug-likeness (QED) is 0.674. The Kier molecular flexibility index (Phi) is 3.92. The third-order valence-corrected chi connectivity index (χ3v) is 4.36. The predicted octanol–water partition coefficient (Wildman–Crippen LogP) is 2.54. The fraction of sp³-hybridized carbons (Fsp3) is 0.235. The van der Waals surface area contributed by atoms with Crippen molar-refractivity contribution in [3.8, 4) is 0 Å². The number of amides is 1. The Bertz CT molecular complexity index is 777. The molecule has 1 atom stereocenters. The summed E-state index contributed by atoms with van der Waals surface area (Å²) in [6.45, 7) is 1.63. The highest BCUT2D eigenvalue weighted by atomic mass is 19.1. The summed E-state index contributed by atoms with van der Waals surface area (Å²) in [5, 5.41) is 9.19. The zero-order chi connectivity index (χ0) is 16.4. The van der Waals surface area contributed by atoms with Crippen molar-refractivity contribution in [2.24, 2.45) is 0 Å². The highest BCUT2D eigenvalue weighted by Crippen LogP contribution is 2.43. The highest BCUT2D eigenvalue weighted by molar-refractivity contribution is 5.94. The number of allylic oxidation sites excluding steroid dienone is 1. The lowest BCUT2D eigenvalue weighted by Gasteiger charge is -2.27. The molecule has 23 heavy (non-hydrogen) atoms. The number of hydrogen-bond donors (Lipinski definition) is 2. The van der Waals surface area contributed by atoms with Crippen LogP contribution in [0.5, 0.6) is 0 Å². The maximum Gasteiger partial charge on any atom is 0.257 e. The van der Waals surface area contributed by atoms with Gasteiger partial charge in [0.05, 0.1) is 17.3 Å². The zero-order valence-corrected chi connectivity index (χ0v) is 12.6. The molecule has 2 aromatic rings. The lowest BCUT2D eigenvalue weighted by molar-refractivity contribution is -0.133. The molecule has 0 saturated heterocycles. The number of hydroxylamine groups is 1. The number of benzene rings is 1. The van der Waals surface area contributed by atoms with Gasteiger partial charge in [-0.05, 0) is 42.5 Å². The van der Waals surface area contributed by atoms with Gasteiger partial charge in [-0.25, -0.2) is 9.87 Å². The summed E-state index contributed by atoms with van der Waals surface area (Å²) in [6.07, 6.45) is 7.54. The van der Waals surface area contributed by atoms with E-state index in [1.807, 2.05) is 0 Å². The van der Waals surface area contributed by atoms with Crippen LogP contribution in [-0.2, 0) is 10.2 Å². The van der Waals surface area contributed by atoms with E-state index in [1.54, 1.807) is 49.2 Å². The van der Waals surface area contributed by atoms with E-state index in [-0.39, 0.29) is 5.82 Å². The molecule has 118 valence electrons. The number of carbonyl (C=O) groups excluding carboxylic acids is 1. The smallest absolute Gasteiger partial charge is 0.257 e. The van der Waals surface area contributed by atoms with Gasteiger partial charge in [0.1, 0.15) is 5.82 Å². The lowest BCUT2D eigenvalue weighted by Crippen LogP contribution is -2.41. The van der Waals surface area contributed by atoms with E-state index >= 15 is 0 Å².